The van der Waals surface area contributed by atoms with Crippen molar-refractivity contribution in [2.45, 2.75) is 6.92 Å². The maximum atomic E-state index is 12.5. The minimum Gasteiger partial charge on any atom is -0.493 e. The number of terminal acetylenes is 1. The third kappa shape index (κ3) is 5.29. The number of rotatable bonds is 6. The molecule has 0 aromatic heterocycles. The lowest BCUT2D eigenvalue weighted by molar-refractivity contribution is -0.112. The standard InChI is InChI=1S/C21H16BrClN2O3/c1-4-7-28-20-17(22)9-14(10-19(20)27-3)8-15(12-24)21(26)25-18-11-16(23)6-5-13(18)2/h1,5-6,8-11H,7H2,2-3H3,(H,25,26)/b15-8+. The van der Waals surface area contributed by atoms with Gasteiger partial charge in [0.05, 0.1) is 11.6 Å². The van der Waals surface area contributed by atoms with Crippen molar-refractivity contribution in [3.63, 3.8) is 0 Å². The zero-order chi connectivity index (χ0) is 20.7. The second kappa shape index (κ2) is 9.85. The third-order valence-corrected chi connectivity index (χ3v) is 4.50. The first-order valence-corrected chi connectivity index (χ1v) is 9.19. The number of halogens is 2. The van der Waals surface area contributed by atoms with Crippen molar-refractivity contribution in [1.29, 1.82) is 5.26 Å². The van der Waals surface area contributed by atoms with E-state index in [9.17, 15) is 10.1 Å². The van der Waals surface area contributed by atoms with Crippen LogP contribution in [0, 0.1) is 30.6 Å². The van der Waals surface area contributed by atoms with E-state index in [0.29, 0.717) is 32.2 Å². The Balaban J connectivity index is 2.34. The molecule has 1 amide bonds. The molecule has 0 aliphatic carbocycles. The largest absolute Gasteiger partial charge is 0.493 e. The molecule has 28 heavy (non-hydrogen) atoms. The maximum Gasteiger partial charge on any atom is 0.266 e. The van der Waals surface area contributed by atoms with E-state index >= 15 is 0 Å². The first-order chi connectivity index (χ1) is 13.4. The number of methoxy groups -OCH3 is 1. The summed E-state index contributed by atoms with van der Waals surface area (Å²) in [5, 5.41) is 12.6. The van der Waals surface area contributed by atoms with Crippen LogP contribution in [0.1, 0.15) is 11.1 Å². The van der Waals surface area contributed by atoms with Crippen LogP contribution >= 0.6 is 27.5 Å². The Morgan fingerprint density at radius 1 is 1.39 bits per heavy atom. The maximum absolute atomic E-state index is 12.5. The van der Waals surface area contributed by atoms with E-state index in [4.69, 9.17) is 27.5 Å². The molecule has 7 heteroatoms. The Morgan fingerprint density at radius 2 is 2.14 bits per heavy atom. The molecule has 0 spiro atoms. The lowest BCUT2D eigenvalue weighted by Crippen LogP contribution is -2.14. The molecule has 0 aliphatic heterocycles. The van der Waals surface area contributed by atoms with E-state index in [2.05, 4.69) is 27.2 Å². The fraction of sp³-hybridized carbons (Fsp3) is 0.143. The molecule has 2 rings (SSSR count). The molecule has 0 aliphatic rings. The normalized spacial score (nSPS) is 10.6. The minimum atomic E-state index is -0.546. The molecule has 0 saturated heterocycles. The van der Waals surface area contributed by atoms with Crippen LogP contribution in [0.3, 0.4) is 0 Å². The Bertz CT molecular complexity index is 1020. The molecule has 142 valence electrons. The number of carbonyl (C=O) groups is 1. The second-order valence-electron chi connectivity index (χ2n) is 5.61. The minimum absolute atomic E-state index is 0.0781. The monoisotopic (exact) mass is 458 g/mol. The first kappa shape index (κ1) is 21.4. The summed E-state index contributed by atoms with van der Waals surface area (Å²) in [6.07, 6.45) is 6.67. The molecule has 0 fully saturated rings. The summed E-state index contributed by atoms with van der Waals surface area (Å²) in [6, 6.07) is 10.4. The number of nitrogens with one attached hydrogen (secondary N) is 1. The van der Waals surface area contributed by atoms with Crippen LogP contribution in [0.5, 0.6) is 11.5 Å². The van der Waals surface area contributed by atoms with Crippen molar-refractivity contribution < 1.29 is 14.3 Å². The van der Waals surface area contributed by atoms with Crippen LogP contribution in [0.2, 0.25) is 5.02 Å². The molecule has 2 aromatic carbocycles. The van der Waals surface area contributed by atoms with Gasteiger partial charge in [0.1, 0.15) is 18.2 Å². The highest BCUT2D eigenvalue weighted by molar-refractivity contribution is 9.10. The topological polar surface area (TPSA) is 71.3 Å². The summed E-state index contributed by atoms with van der Waals surface area (Å²) in [5.41, 5.74) is 1.86. The summed E-state index contributed by atoms with van der Waals surface area (Å²) < 4.78 is 11.4. The van der Waals surface area contributed by atoms with Gasteiger partial charge in [-0.25, -0.2) is 0 Å². The zero-order valence-corrected chi connectivity index (χ0v) is 17.5. The first-order valence-electron chi connectivity index (χ1n) is 8.02. The van der Waals surface area contributed by atoms with Gasteiger partial charge in [-0.15, -0.1) is 6.42 Å². The highest BCUT2D eigenvalue weighted by Crippen LogP contribution is 2.37. The zero-order valence-electron chi connectivity index (χ0n) is 15.2. The smallest absolute Gasteiger partial charge is 0.266 e. The highest BCUT2D eigenvalue weighted by Gasteiger charge is 2.14. The number of hydrogen-bond acceptors (Lipinski definition) is 4. The van der Waals surface area contributed by atoms with Crippen LogP contribution in [0.4, 0.5) is 5.69 Å². The highest BCUT2D eigenvalue weighted by atomic mass is 79.9. The molecule has 0 unspecified atom stereocenters. The number of ether oxygens (including phenoxy) is 2. The van der Waals surface area contributed by atoms with Gasteiger partial charge >= 0.3 is 0 Å². The summed E-state index contributed by atoms with van der Waals surface area (Å²) in [7, 11) is 1.48. The molecule has 0 saturated carbocycles. The molecule has 5 nitrogen and oxygen atoms in total. The average molecular weight is 460 g/mol. The number of benzene rings is 2. The Hall–Kier alpha value is -2.93. The van der Waals surface area contributed by atoms with Crippen LogP contribution in [0.15, 0.2) is 40.4 Å². The van der Waals surface area contributed by atoms with Gasteiger partial charge in [0.25, 0.3) is 5.91 Å². The fourth-order valence-corrected chi connectivity index (χ4v) is 3.06. The van der Waals surface area contributed by atoms with Gasteiger partial charge < -0.3 is 14.8 Å². The van der Waals surface area contributed by atoms with E-state index in [1.165, 1.54) is 13.2 Å². The Labute approximate surface area is 177 Å². The molecule has 0 radical (unpaired) electrons. The molecule has 0 heterocycles. The third-order valence-electron chi connectivity index (χ3n) is 3.68. The predicted octanol–water partition coefficient (Wildman–Crippen LogP) is 4.98. The van der Waals surface area contributed by atoms with E-state index in [1.54, 1.807) is 30.3 Å². The number of anilines is 1. The summed E-state index contributed by atoms with van der Waals surface area (Å²) in [6.45, 7) is 1.91. The molecular weight excluding hydrogens is 444 g/mol. The molecular formula is C21H16BrClN2O3. The fourth-order valence-electron chi connectivity index (χ4n) is 2.31. The summed E-state index contributed by atoms with van der Waals surface area (Å²) in [4.78, 5) is 12.5. The molecule has 0 atom stereocenters. The lowest BCUT2D eigenvalue weighted by atomic mass is 10.1. The van der Waals surface area contributed by atoms with Crippen molar-refractivity contribution in [3.8, 4) is 29.9 Å². The van der Waals surface area contributed by atoms with Gasteiger partial charge in [-0.2, -0.15) is 5.26 Å². The van der Waals surface area contributed by atoms with Gasteiger partial charge in [0, 0.05) is 10.7 Å². The Kier molecular flexibility index (Phi) is 7.52. The Morgan fingerprint density at radius 3 is 2.79 bits per heavy atom. The van der Waals surface area contributed by atoms with E-state index in [0.717, 1.165) is 5.56 Å². The second-order valence-corrected chi connectivity index (χ2v) is 6.90. The van der Waals surface area contributed by atoms with Crippen molar-refractivity contribution in [1.82, 2.24) is 0 Å². The van der Waals surface area contributed by atoms with Crippen molar-refractivity contribution >= 4 is 45.2 Å². The van der Waals surface area contributed by atoms with Crippen molar-refractivity contribution in [2.24, 2.45) is 0 Å². The van der Waals surface area contributed by atoms with Gasteiger partial charge in [-0.1, -0.05) is 23.6 Å². The average Bonchev–Trinajstić information content (AvgIpc) is 2.67. The van der Waals surface area contributed by atoms with E-state index in [-0.39, 0.29) is 12.2 Å². The SMILES string of the molecule is C#CCOc1c(Br)cc(/C=C(\C#N)C(=O)Nc2cc(Cl)ccc2C)cc1OC. The van der Waals surface area contributed by atoms with Gasteiger partial charge in [0.2, 0.25) is 0 Å². The van der Waals surface area contributed by atoms with Gasteiger partial charge in [-0.3, -0.25) is 4.79 Å². The molecule has 2 aromatic rings. The quantitative estimate of drug-likeness (QED) is 0.376. The van der Waals surface area contributed by atoms with E-state index < -0.39 is 5.91 Å². The predicted molar refractivity (Wildman–Crippen MR) is 113 cm³/mol. The number of nitrogens with zero attached hydrogens (tertiary/aromatic N) is 1. The molecule has 1 N–H and O–H groups in total. The number of nitriles is 1. The van der Waals surface area contributed by atoms with Crippen molar-refractivity contribution in [2.75, 3.05) is 19.0 Å². The van der Waals surface area contributed by atoms with Crippen LogP contribution < -0.4 is 14.8 Å². The number of amides is 1. The van der Waals surface area contributed by atoms with Crippen molar-refractivity contribution in [3.05, 3.63) is 56.5 Å². The lowest BCUT2D eigenvalue weighted by Gasteiger charge is -2.12. The molecule has 0 bridgehead atoms. The van der Waals surface area contributed by atoms with E-state index in [1.807, 2.05) is 13.0 Å². The van der Waals surface area contributed by atoms with Gasteiger partial charge in [-0.05, 0) is 64.3 Å². The number of hydrogen-bond donors (Lipinski definition) is 1. The van der Waals surface area contributed by atoms with Crippen LogP contribution in [-0.2, 0) is 4.79 Å². The van der Waals surface area contributed by atoms with Gasteiger partial charge in [0.15, 0.2) is 11.5 Å². The van der Waals surface area contributed by atoms with Crippen LogP contribution in [-0.4, -0.2) is 19.6 Å². The number of carbonyl (C=O) groups excluding carboxylic acids is 1. The number of aryl methyl sites for hydroxylation is 1. The summed E-state index contributed by atoms with van der Waals surface area (Å²) in [5.74, 6) is 2.69. The van der Waals surface area contributed by atoms with Crippen LogP contribution in [0.25, 0.3) is 6.08 Å². The summed E-state index contributed by atoms with van der Waals surface area (Å²) >= 11 is 9.36.